The van der Waals surface area contributed by atoms with Crippen molar-refractivity contribution in [3.63, 3.8) is 0 Å². The maximum absolute atomic E-state index is 6.36. The van der Waals surface area contributed by atoms with E-state index in [-0.39, 0.29) is 0 Å². The van der Waals surface area contributed by atoms with Gasteiger partial charge in [-0.1, -0.05) is 297 Å². The molecular weight excluding hydrogens is 1540 g/mol. The Hall–Kier alpha value is -17.2. The Labute approximate surface area is 721 Å². The lowest BCUT2D eigenvalue weighted by atomic mass is 10.0. The molecule has 26 rings (SSSR count). The maximum Gasteiger partial charge on any atom is 0.164 e. The van der Waals surface area contributed by atoms with Gasteiger partial charge < -0.3 is 27.1 Å². The van der Waals surface area contributed by atoms with E-state index in [4.69, 9.17) is 38.7 Å². The molecule has 0 atom stereocenters. The second-order valence-electron chi connectivity index (χ2n) is 32.1. The fraction of sp³-hybridized carbons (Fsp3) is 0. The Kier molecular flexibility index (Phi) is 16.7. The van der Waals surface area contributed by atoms with E-state index in [1.54, 1.807) is 0 Å². The van der Waals surface area contributed by atoms with Crippen LogP contribution in [0.15, 0.2) is 433 Å². The van der Waals surface area contributed by atoms with Gasteiger partial charge in [0.05, 0.1) is 44.1 Å². The summed E-state index contributed by atoms with van der Waals surface area (Å²) >= 11 is 0. The molecule has 0 saturated carbocycles. The first kappa shape index (κ1) is 71.7. The van der Waals surface area contributed by atoms with Crippen molar-refractivity contribution in [2.24, 2.45) is 0 Å². The van der Waals surface area contributed by atoms with E-state index >= 15 is 0 Å². The molecule has 0 unspecified atom stereocenters. The summed E-state index contributed by atoms with van der Waals surface area (Å²) in [6.45, 7) is 0. The van der Waals surface area contributed by atoms with Crippen LogP contribution in [0.5, 0.6) is 0 Å². The minimum absolute atomic E-state index is 0.629. The molecule has 0 aliphatic carbocycles. The molecule has 0 spiro atoms. The highest BCUT2D eigenvalue weighted by Gasteiger charge is 2.24. The Morgan fingerprint density at radius 2 is 0.405 bits per heavy atom. The first-order valence-corrected chi connectivity index (χ1v) is 42.4. The predicted molar refractivity (Wildman–Crippen MR) is 515 cm³/mol. The number of hydrogen-bond donors (Lipinski definition) is 0. The summed E-state index contributed by atoms with van der Waals surface area (Å²) in [5.74, 6) is 3.85. The van der Waals surface area contributed by atoms with Gasteiger partial charge >= 0.3 is 0 Å². The summed E-state index contributed by atoms with van der Waals surface area (Å²) in [6.07, 6.45) is 0. The first-order valence-electron chi connectivity index (χ1n) is 42.4. The summed E-state index contributed by atoms with van der Waals surface area (Å²) < 4.78 is 22.3. The minimum atomic E-state index is 0.629. The smallest absolute Gasteiger partial charge is 0.164 e. The van der Waals surface area contributed by atoms with Crippen LogP contribution in [0.2, 0.25) is 0 Å². The minimum Gasteiger partial charge on any atom is -0.456 e. The predicted octanol–water partition coefficient (Wildman–Crippen LogP) is 29.3. The molecule has 0 aliphatic rings. The molecule has 0 saturated heterocycles. The van der Waals surface area contributed by atoms with Crippen molar-refractivity contribution in [3.8, 4) is 113 Å². The molecule has 26 aromatic rings. The fourth-order valence-corrected chi connectivity index (χ4v) is 18.8. The van der Waals surface area contributed by atoms with Crippen molar-refractivity contribution < 1.29 is 8.83 Å². The van der Waals surface area contributed by atoms with Crippen molar-refractivity contribution in [2.45, 2.75) is 0 Å². The monoisotopic (exact) mass is 1610 g/mol. The molecule has 126 heavy (non-hydrogen) atoms. The van der Waals surface area contributed by atoms with Crippen LogP contribution in [0.3, 0.4) is 0 Å². The molecule has 588 valence electrons. The number of benzene rings is 18. The largest absolute Gasteiger partial charge is 0.456 e. The molecule has 0 radical (unpaired) electrons. The van der Waals surface area contributed by atoms with E-state index in [0.717, 1.165) is 161 Å². The summed E-state index contributed by atoms with van der Waals surface area (Å²) in [4.78, 5) is 29.6. The van der Waals surface area contributed by atoms with Gasteiger partial charge in [-0.05, 0) is 150 Å². The van der Waals surface area contributed by atoms with E-state index in [0.29, 0.717) is 34.9 Å². The summed E-state index contributed by atoms with van der Waals surface area (Å²) in [7, 11) is 0. The number of aromatic nitrogens is 10. The van der Waals surface area contributed by atoms with Gasteiger partial charge in [0.15, 0.2) is 34.9 Å². The van der Waals surface area contributed by atoms with Crippen molar-refractivity contribution in [3.05, 3.63) is 425 Å². The standard InChI is InChI=1S/2C57H35N5O/c1-3-15-36(16-4-1)55-58-56(37-17-5-2-6-18-37)60-57(59-55)40-21-13-19-38(31-40)39-20-14-22-41(32-39)61-49-26-10-7-23-43(49)46-33-42(29-30-51(46)61)62-50-27-11-8-24-44(50)47-35-54-48(34-52(47)62)45-25-9-12-28-53(45)63-54;1-3-13-38(14-4-1)55-58-56(39-15-5-2-6-16-39)60-57(59-55)40-25-23-36(24-26-40)37-27-29-41(30-28-37)61-49-20-10-7-17-43(49)46-33-42(31-32-51(46)61)62-50-21-11-8-18-44(50)47-35-54-48(34-52(47)62)45-19-9-12-22-53(45)63-54/h2*1-35H. The number of hydrogen-bond acceptors (Lipinski definition) is 8. The molecule has 8 heterocycles. The number of furan rings is 2. The number of nitrogens with zero attached hydrogens (tertiary/aromatic N) is 10. The van der Waals surface area contributed by atoms with Gasteiger partial charge in [-0.3, -0.25) is 0 Å². The van der Waals surface area contributed by atoms with Crippen molar-refractivity contribution in [2.75, 3.05) is 0 Å². The zero-order chi connectivity index (χ0) is 82.9. The highest BCUT2D eigenvalue weighted by molar-refractivity contribution is 6.20. The van der Waals surface area contributed by atoms with Crippen LogP contribution in [0.1, 0.15) is 0 Å². The third-order valence-corrected chi connectivity index (χ3v) is 24.7. The highest BCUT2D eigenvalue weighted by atomic mass is 16.3. The molecule has 0 amide bonds. The van der Waals surface area contributed by atoms with Crippen LogP contribution in [-0.2, 0) is 0 Å². The quantitative estimate of drug-likeness (QED) is 0.118. The number of fused-ring (bicyclic) bond motifs is 18. The Morgan fingerprint density at radius 1 is 0.135 bits per heavy atom. The molecule has 0 N–H and O–H groups in total. The van der Waals surface area contributed by atoms with Gasteiger partial charge in [0.25, 0.3) is 0 Å². The van der Waals surface area contributed by atoms with E-state index in [2.05, 4.69) is 297 Å². The lowest BCUT2D eigenvalue weighted by Crippen LogP contribution is -2.00. The van der Waals surface area contributed by atoms with Crippen LogP contribution in [-0.4, -0.2) is 48.2 Å². The topological polar surface area (TPSA) is 123 Å². The fourth-order valence-electron chi connectivity index (χ4n) is 18.8. The average molecular weight is 1610 g/mol. The summed E-state index contributed by atoms with van der Waals surface area (Å²) in [5, 5.41) is 14.0. The van der Waals surface area contributed by atoms with Crippen LogP contribution < -0.4 is 0 Å². The van der Waals surface area contributed by atoms with E-state index in [1.807, 2.05) is 146 Å². The Morgan fingerprint density at radius 3 is 0.817 bits per heavy atom. The zero-order valence-corrected chi connectivity index (χ0v) is 67.7. The molecule has 18 aromatic carbocycles. The summed E-state index contributed by atoms with van der Waals surface area (Å²) in [6, 6.07) is 149. The van der Waals surface area contributed by atoms with Crippen molar-refractivity contribution in [1.29, 1.82) is 0 Å². The molecule has 12 heteroatoms. The van der Waals surface area contributed by atoms with Crippen LogP contribution in [0, 0.1) is 0 Å². The first-order chi connectivity index (χ1) is 62.4. The molecule has 0 aliphatic heterocycles. The zero-order valence-electron chi connectivity index (χ0n) is 67.7. The molecule has 0 fully saturated rings. The third kappa shape index (κ3) is 12.1. The average Bonchev–Trinajstić information content (AvgIpc) is 1.56. The van der Waals surface area contributed by atoms with Crippen molar-refractivity contribution >= 4 is 131 Å². The van der Waals surface area contributed by atoms with Gasteiger partial charge in [0.1, 0.15) is 22.3 Å². The lowest BCUT2D eigenvalue weighted by molar-refractivity contribution is 0.669. The van der Waals surface area contributed by atoms with Gasteiger partial charge in [0.2, 0.25) is 0 Å². The van der Waals surface area contributed by atoms with Gasteiger partial charge in [-0.25, -0.2) is 29.9 Å². The van der Waals surface area contributed by atoms with E-state index in [1.165, 1.54) is 48.6 Å². The molecule has 0 bridgehead atoms. The normalized spacial score (nSPS) is 11.8. The van der Waals surface area contributed by atoms with E-state index < -0.39 is 0 Å². The SMILES string of the molecule is c1ccc(-c2nc(-c3ccccc3)nc(-c3ccc(-c4ccc(-n5c6ccccc6c6cc(-n7c8ccccc8c8cc9oc%10ccccc%10c9cc87)ccc65)cc4)cc3)n2)cc1.c1ccc(-c2nc(-c3ccccc3)nc(-c3cccc(-c4cccc(-n5c6ccccc6c6cc(-n7c8ccccc8c8cc9oc%10ccccc%10c9cc87)ccc65)c4)c3)n2)cc1. The van der Waals surface area contributed by atoms with E-state index in [9.17, 15) is 0 Å². The lowest BCUT2D eigenvalue weighted by Gasteiger charge is -2.12. The third-order valence-electron chi connectivity index (χ3n) is 24.7. The van der Waals surface area contributed by atoms with Crippen LogP contribution in [0.4, 0.5) is 0 Å². The van der Waals surface area contributed by atoms with Crippen LogP contribution in [0.25, 0.3) is 244 Å². The Balaban J connectivity index is 0.000000137. The molecular formula is C114H70N10O2. The molecule has 12 nitrogen and oxygen atoms in total. The summed E-state index contributed by atoms with van der Waals surface area (Å²) in [5.41, 5.74) is 27.3. The second-order valence-corrected chi connectivity index (χ2v) is 32.1. The van der Waals surface area contributed by atoms with Crippen LogP contribution >= 0.6 is 0 Å². The second kappa shape index (κ2) is 29.3. The van der Waals surface area contributed by atoms with Gasteiger partial charge in [-0.15, -0.1) is 0 Å². The Bertz CT molecular complexity index is 8710. The van der Waals surface area contributed by atoms with Gasteiger partial charge in [0, 0.05) is 121 Å². The maximum atomic E-state index is 6.36. The number of para-hydroxylation sites is 6. The van der Waals surface area contributed by atoms with Gasteiger partial charge in [-0.2, -0.15) is 0 Å². The number of rotatable bonds is 12. The van der Waals surface area contributed by atoms with Crippen molar-refractivity contribution in [1.82, 2.24) is 48.2 Å². The highest BCUT2D eigenvalue weighted by Crippen LogP contribution is 2.45. The molecule has 8 aromatic heterocycles.